The maximum atomic E-state index is 10.6. The number of rotatable bonds is 1. The van der Waals surface area contributed by atoms with Gasteiger partial charge in [0.05, 0.1) is 5.69 Å². The molecule has 0 aliphatic rings. The van der Waals surface area contributed by atoms with Crippen molar-refractivity contribution in [3.63, 3.8) is 0 Å². The molecule has 0 heterocycles. The van der Waals surface area contributed by atoms with E-state index in [0.29, 0.717) is 0 Å². The predicted molar refractivity (Wildman–Crippen MR) is 76.4 cm³/mol. The fourth-order valence-electron chi connectivity index (χ4n) is 1.98. The summed E-state index contributed by atoms with van der Waals surface area (Å²) >= 11 is 0. The highest BCUT2D eigenvalue weighted by atomic mass is 16.1. The van der Waals surface area contributed by atoms with Crippen molar-refractivity contribution in [2.45, 2.75) is 59.3 Å². The van der Waals surface area contributed by atoms with Crippen molar-refractivity contribution in [1.82, 2.24) is 0 Å². The second-order valence-corrected chi connectivity index (χ2v) is 6.89. The Bertz CT molecular complexity index is 495. The zero-order chi connectivity index (χ0) is 14.1. The molecule has 0 fully saturated rings. The monoisotopic (exact) mass is 245 g/mol. The SMILES string of the molecule is Cc1cc(C(C)(C)C)cc(C(C)(C)C)c1N=C=O. The number of isocyanates is 1. The van der Waals surface area contributed by atoms with Gasteiger partial charge in [-0.25, -0.2) is 4.79 Å². The zero-order valence-electron chi connectivity index (χ0n) is 12.5. The second-order valence-electron chi connectivity index (χ2n) is 6.89. The summed E-state index contributed by atoms with van der Waals surface area (Å²) in [4.78, 5) is 14.5. The third kappa shape index (κ3) is 3.08. The van der Waals surface area contributed by atoms with Gasteiger partial charge in [-0.2, -0.15) is 4.99 Å². The van der Waals surface area contributed by atoms with Crippen LogP contribution in [0.15, 0.2) is 17.1 Å². The lowest BCUT2D eigenvalue weighted by Crippen LogP contribution is -2.17. The normalized spacial score (nSPS) is 12.2. The number of hydrogen-bond acceptors (Lipinski definition) is 2. The number of aliphatic imine (C=N–C) groups is 1. The average molecular weight is 245 g/mol. The lowest BCUT2D eigenvalue weighted by Gasteiger charge is -2.27. The Morgan fingerprint density at radius 2 is 1.56 bits per heavy atom. The van der Waals surface area contributed by atoms with Crippen molar-refractivity contribution >= 4 is 11.8 Å². The van der Waals surface area contributed by atoms with Gasteiger partial charge in [0.2, 0.25) is 6.08 Å². The first kappa shape index (κ1) is 14.7. The van der Waals surface area contributed by atoms with E-state index in [-0.39, 0.29) is 10.8 Å². The number of hydrogen-bond donors (Lipinski definition) is 0. The van der Waals surface area contributed by atoms with Gasteiger partial charge in [0.1, 0.15) is 0 Å². The highest BCUT2D eigenvalue weighted by Gasteiger charge is 2.23. The average Bonchev–Trinajstić information content (AvgIpc) is 2.17. The zero-order valence-corrected chi connectivity index (χ0v) is 12.5. The van der Waals surface area contributed by atoms with E-state index in [9.17, 15) is 4.79 Å². The van der Waals surface area contributed by atoms with E-state index in [1.54, 1.807) is 6.08 Å². The van der Waals surface area contributed by atoms with E-state index < -0.39 is 0 Å². The first-order chi connectivity index (χ1) is 8.07. The lowest BCUT2D eigenvalue weighted by atomic mass is 9.78. The van der Waals surface area contributed by atoms with Crippen LogP contribution in [-0.4, -0.2) is 6.08 Å². The molecule has 0 aliphatic carbocycles. The highest BCUT2D eigenvalue weighted by Crippen LogP contribution is 2.37. The molecular formula is C16H23NO. The molecule has 98 valence electrons. The minimum Gasteiger partial charge on any atom is -0.211 e. The number of benzene rings is 1. The first-order valence-electron chi connectivity index (χ1n) is 6.31. The van der Waals surface area contributed by atoms with Crippen molar-refractivity contribution in [1.29, 1.82) is 0 Å². The maximum Gasteiger partial charge on any atom is 0.240 e. The number of aryl methyl sites for hydroxylation is 1. The van der Waals surface area contributed by atoms with Crippen LogP contribution in [-0.2, 0) is 15.6 Å². The van der Waals surface area contributed by atoms with E-state index in [4.69, 9.17) is 0 Å². The van der Waals surface area contributed by atoms with Crippen molar-refractivity contribution in [2.75, 3.05) is 0 Å². The summed E-state index contributed by atoms with van der Waals surface area (Å²) < 4.78 is 0. The molecule has 1 aromatic carbocycles. The Kier molecular flexibility index (Phi) is 3.83. The summed E-state index contributed by atoms with van der Waals surface area (Å²) in [6, 6.07) is 4.29. The van der Waals surface area contributed by atoms with Crippen molar-refractivity contribution in [3.05, 3.63) is 28.8 Å². The molecule has 18 heavy (non-hydrogen) atoms. The molecule has 0 unspecified atom stereocenters. The Balaban J connectivity index is 3.63. The van der Waals surface area contributed by atoms with E-state index in [0.717, 1.165) is 16.8 Å². The van der Waals surface area contributed by atoms with E-state index in [1.807, 2.05) is 6.92 Å². The van der Waals surface area contributed by atoms with Crippen molar-refractivity contribution in [2.24, 2.45) is 4.99 Å². The molecule has 0 aliphatic heterocycles. The Morgan fingerprint density at radius 3 is 1.94 bits per heavy atom. The molecule has 0 amide bonds. The quantitative estimate of drug-likeness (QED) is 0.527. The maximum absolute atomic E-state index is 10.6. The largest absolute Gasteiger partial charge is 0.240 e. The summed E-state index contributed by atoms with van der Waals surface area (Å²) in [5.41, 5.74) is 4.24. The highest BCUT2D eigenvalue weighted by molar-refractivity contribution is 5.62. The van der Waals surface area contributed by atoms with Crippen LogP contribution in [0.4, 0.5) is 5.69 Å². The number of nitrogens with zero attached hydrogens (tertiary/aromatic N) is 1. The van der Waals surface area contributed by atoms with Gasteiger partial charge in [-0.05, 0) is 34.4 Å². The molecular weight excluding hydrogens is 222 g/mol. The van der Waals surface area contributed by atoms with Gasteiger partial charge in [-0.1, -0.05) is 53.7 Å². The Morgan fingerprint density at radius 1 is 1.00 bits per heavy atom. The van der Waals surface area contributed by atoms with Crippen LogP contribution < -0.4 is 0 Å². The summed E-state index contributed by atoms with van der Waals surface area (Å²) in [6.07, 6.45) is 1.67. The molecule has 2 nitrogen and oxygen atoms in total. The van der Waals surface area contributed by atoms with Gasteiger partial charge in [-0.15, -0.1) is 0 Å². The van der Waals surface area contributed by atoms with E-state index >= 15 is 0 Å². The summed E-state index contributed by atoms with van der Waals surface area (Å²) in [5, 5.41) is 0. The van der Waals surface area contributed by atoms with Gasteiger partial charge in [0.15, 0.2) is 0 Å². The summed E-state index contributed by atoms with van der Waals surface area (Å²) in [5.74, 6) is 0. The molecule has 2 heteroatoms. The minimum absolute atomic E-state index is 0.0400. The number of carbonyl (C=O) groups excluding carboxylic acids is 1. The van der Waals surface area contributed by atoms with E-state index in [2.05, 4.69) is 58.7 Å². The molecule has 0 atom stereocenters. The molecule has 0 radical (unpaired) electrons. The predicted octanol–water partition coefficient (Wildman–Crippen LogP) is 4.56. The van der Waals surface area contributed by atoms with Gasteiger partial charge in [0.25, 0.3) is 0 Å². The van der Waals surface area contributed by atoms with Crippen LogP contribution in [0.25, 0.3) is 0 Å². The van der Waals surface area contributed by atoms with Crippen LogP contribution in [0.5, 0.6) is 0 Å². The third-order valence-corrected chi connectivity index (χ3v) is 3.13. The molecule has 0 spiro atoms. The lowest BCUT2D eigenvalue weighted by molar-refractivity contribution is 0.562. The third-order valence-electron chi connectivity index (χ3n) is 3.13. The summed E-state index contributed by atoms with van der Waals surface area (Å²) in [7, 11) is 0. The Hall–Kier alpha value is -1.40. The topological polar surface area (TPSA) is 29.4 Å². The van der Waals surface area contributed by atoms with Crippen LogP contribution in [0.1, 0.15) is 58.2 Å². The van der Waals surface area contributed by atoms with Crippen LogP contribution in [0, 0.1) is 6.92 Å². The van der Waals surface area contributed by atoms with Gasteiger partial charge >= 0.3 is 0 Å². The van der Waals surface area contributed by atoms with Crippen molar-refractivity contribution < 1.29 is 4.79 Å². The molecule has 1 rings (SSSR count). The van der Waals surface area contributed by atoms with Gasteiger partial charge in [0, 0.05) is 0 Å². The Labute approximate surface area is 110 Å². The summed E-state index contributed by atoms with van der Waals surface area (Å²) in [6.45, 7) is 15.0. The second kappa shape index (κ2) is 4.70. The minimum atomic E-state index is -0.0400. The van der Waals surface area contributed by atoms with Gasteiger partial charge < -0.3 is 0 Å². The van der Waals surface area contributed by atoms with Crippen molar-refractivity contribution in [3.8, 4) is 0 Å². The first-order valence-corrected chi connectivity index (χ1v) is 6.31. The van der Waals surface area contributed by atoms with Crippen LogP contribution in [0.3, 0.4) is 0 Å². The standard InChI is InChI=1S/C16H23NO/c1-11-8-12(15(2,3)4)9-13(16(5,6)7)14(11)17-10-18/h8-9H,1-7H3. The van der Waals surface area contributed by atoms with Crippen LogP contribution >= 0.6 is 0 Å². The molecule has 0 saturated carbocycles. The molecule has 0 N–H and O–H groups in total. The van der Waals surface area contributed by atoms with Gasteiger partial charge in [-0.3, -0.25) is 0 Å². The smallest absolute Gasteiger partial charge is 0.211 e. The van der Waals surface area contributed by atoms with Crippen LogP contribution in [0.2, 0.25) is 0 Å². The molecule has 0 bridgehead atoms. The molecule has 0 aromatic heterocycles. The fraction of sp³-hybridized carbons (Fsp3) is 0.562. The molecule has 0 saturated heterocycles. The van der Waals surface area contributed by atoms with E-state index in [1.165, 1.54) is 5.56 Å². The molecule has 1 aromatic rings. The fourth-order valence-corrected chi connectivity index (χ4v) is 1.98.